The van der Waals surface area contributed by atoms with Gasteiger partial charge in [-0.05, 0) is 103 Å². The molecule has 0 amide bonds. The van der Waals surface area contributed by atoms with Crippen LogP contribution in [0, 0.1) is 0 Å². The fourth-order valence-electron chi connectivity index (χ4n) is 4.55. The predicted molar refractivity (Wildman–Crippen MR) is 186 cm³/mol. The van der Waals surface area contributed by atoms with E-state index >= 15 is 0 Å². The molecule has 0 radical (unpaired) electrons. The molecule has 0 aliphatic carbocycles. The van der Waals surface area contributed by atoms with Gasteiger partial charge in [-0.2, -0.15) is 0 Å². The molecule has 0 fully saturated rings. The summed E-state index contributed by atoms with van der Waals surface area (Å²) in [6.07, 6.45) is 11.4. The number of hydrogen-bond donors (Lipinski definition) is 0. The Labute approximate surface area is 270 Å². The van der Waals surface area contributed by atoms with E-state index in [9.17, 15) is 8.42 Å². The van der Waals surface area contributed by atoms with E-state index in [0.29, 0.717) is 12.6 Å². The van der Waals surface area contributed by atoms with Crippen molar-refractivity contribution in [3.8, 4) is 0 Å². The van der Waals surface area contributed by atoms with Gasteiger partial charge in [-0.15, -0.1) is 13.2 Å². The summed E-state index contributed by atoms with van der Waals surface area (Å²) in [4.78, 5) is 0. The molecule has 232 valence electrons. The molecule has 3 rings (SSSR count). The molecule has 8 heteroatoms. The van der Waals surface area contributed by atoms with E-state index in [1.54, 1.807) is 0 Å². The average Bonchev–Trinajstić information content (AvgIpc) is 2.93. The summed E-state index contributed by atoms with van der Waals surface area (Å²) in [5.74, 6) is 0. The summed E-state index contributed by atoms with van der Waals surface area (Å²) < 4.78 is 29.1. The van der Waals surface area contributed by atoms with Crippen LogP contribution in [0.25, 0.3) is 0 Å². The summed E-state index contributed by atoms with van der Waals surface area (Å²) in [5, 5.41) is 1.48. The number of rotatable bonds is 11. The maximum atomic E-state index is 12.8. The van der Waals surface area contributed by atoms with Crippen molar-refractivity contribution in [1.29, 1.82) is 0 Å². The van der Waals surface area contributed by atoms with E-state index in [-0.39, 0.29) is 15.5 Å². The van der Waals surface area contributed by atoms with Gasteiger partial charge < -0.3 is 0 Å². The second kappa shape index (κ2) is 17.1. The van der Waals surface area contributed by atoms with Crippen molar-refractivity contribution in [3.63, 3.8) is 0 Å². The highest BCUT2D eigenvalue weighted by Crippen LogP contribution is 2.25. The normalized spacial score (nSPS) is 18.1. The molecule has 2 aromatic carbocycles. The van der Waals surface area contributed by atoms with Crippen LogP contribution in [0.2, 0.25) is 10.0 Å². The Bertz CT molecular complexity index is 1220. The molecule has 4 atom stereocenters. The first-order valence-corrected chi connectivity index (χ1v) is 17.4. The minimum atomic E-state index is -1.10. The molecule has 2 aromatic rings. The van der Waals surface area contributed by atoms with Gasteiger partial charge >= 0.3 is 0 Å². The lowest BCUT2D eigenvalue weighted by Gasteiger charge is -2.36. The Kier molecular flexibility index (Phi) is 14.9. The first-order valence-electron chi connectivity index (χ1n) is 14.4. The Morgan fingerprint density at radius 2 is 1.43 bits per heavy atom. The molecule has 0 spiro atoms. The fraction of sp³-hybridized carbons (Fsp3) is 0.471. The SMILES string of the molecule is C=CC[C@H](Cc1ccc(Cl)cc1)N(CC=C)S(=O)C(C)(C)C.CC(C)(C)S(=O)N1CC=CC[C@@H]1Cc1ccc(Cl)cc1. The summed E-state index contributed by atoms with van der Waals surface area (Å²) in [7, 11) is -2.07. The zero-order valence-electron chi connectivity index (χ0n) is 26.0. The monoisotopic (exact) mass is 650 g/mol. The standard InChI is InChI=1S/C18H26ClNOS.C16H22ClNOS/c1-6-8-17(14-15-9-11-16(19)12-10-15)20(13-7-2)22(21)18(3,4)5;1-16(2,3)20(19)18-11-5-4-6-15(18)12-13-7-9-14(17)10-8-13/h6-7,9-12,17H,1-2,8,13-14H2,3-5H3;4-5,7-10,15H,6,11-12H2,1-3H3/t17-,22?;15-,20?/m11/s1. The zero-order valence-corrected chi connectivity index (χ0v) is 29.2. The van der Waals surface area contributed by atoms with Gasteiger partial charge in [-0.25, -0.2) is 17.0 Å². The summed E-state index contributed by atoms with van der Waals surface area (Å²) in [6.45, 7) is 21.1. The molecular formula is C34H48Cl2N2O2S2. The van der Waals surface area contributed by atoms with Gasteiger partial charge in [0.1, 0.15) is 22.0 Å². The molecule has 0 aromatic heterocycles. The number of nitrogens with zero attached hydrogens (tertiary/aromatic N) is 2. The molecule has 0 bridgehead atoms. The smallest absolute Gasteiger partial charge is 0.100 e. The minimum absolute atomic E-state index is 0.122. The second-order valence-corrected chi connectivity index (χ2v) is 17.7. The third-order valence-corrected chi connectivity index (χ3v) is 11.0. The van der Waals surface area contributed by atoms with Crippen LogP contribution in [0.1, 0.15) is 65.5 Å². The molecule has 4 nitrogen and oxygen atoms in total. The lowest BCUT2D eigenvalue weighted by molar-refractivity contribution is 0.342. The first-order chi connectivity index (χ1) is 19.7. The van der Waals surface area contributed by atoms with Crippen molar-refractivity contribution >= 4 is 45.2 Å². The lowest BCUT2D eigenvalue weighted by atomic mass is 10.0. The van der Waals surface area contributed by atoms with E-state index in [2.05, 4.69) is 41.7 Å². The number of hydrogen-bond acceptors (Lipinski definition) is 2. The van der Waals surface area contributed by atoms with Gasteiger partial charge in [0.25, 0.3) is 0 Å². The van der Waals surface area contributed by atoms with E-state index in [0.717, 1.165) is 42.3 Å². The zero-order chi connectivity index (χ0) is 31.5. The van der Waals surface area contributed by atoms with E-state index in [1.165, 1.54) is 11.1 Å². The molecule has 1 aliphatic rings. The third-order valence-electron chi connectivity index (χ3n) is 6.67. The minimum Gasteiger partial charge on any atom is -0.242 e. The molecule has 1 aliphatic heterocycles. The topological polar surface area (TPSA) is 40.6 Å². The van der Waals surface area contributed by atoms with Crippen LogP contribution in [0.15, 0.2) is 86.0 Å². The molecule has 0 saturated carbocycles. The average molecular weight is 652 g/mol. The maximum absolute atomic E-state index is 12.8. The van der Waals surface area contributed by atoms with Gasteiger partial charge in [0.2, 0.25) is 0 Å². The van der Waals surface area contributed by atoms with Crippen molar-refractivity contribution in [2.24, 2.45) is 0 Å². The van der Waals surface area contributed by atoms with Crippen LogP contribution in [0.4, 0.5) is 0 Å². The van der Waals surface area contributed by atoms with E-state index in [4.69, 9.17) is 23.2 Å². The van der Waals surface area contributed by atoms with Crippen molar-refractivity contribution in [2.45, 2.75) is 88.8 Å². The summed E-state index contributed by atoms with van der Waals surface area (Å²) in [6, 6.07) is 16.2. The summed E-state index contributed by atoms with van der Waals surface area (Å²) >= 11 is 11.9. The van der Waals surface area contributed by atoms with Crippen LogP contribution in [-0.4, -0.2) is 51.7 Å². The second-order valence-electron chi connectivity index (χ2n) is 12.4. The quantitative estimate of drug-likeness (QED) is 0.228. The number of benzene rings is 2. The van der Waals surface area contributed by atoms with Gasteiger partial charge in [0.05, 0.1) is 9.49 Å². The van der Waals surface area contributed by atoms with Crippen LogP contribution in [0.3, 0.4) is 0 Å². The van der Waals surface area contributed by atoms with Crippen LogP contribution in [-0.2, 0) is 34.8 Å². The third kappa shape index (κ3) is 11.9. The van der Waals surface area contributed by atoms with Gasteiger partial charge in [-0.1, -0.05) is 71.8 Å². The molecule has 1 heterocycles. The van der Waals surface area contributed by atoms with Crippen molar-refractivity contribution in [3.05, 3.63) is 107 Å². The van der Waals surface area contributed by atoms with E-state index < -0.39 is 22.0 Å². The highest BCUT2D eigenvalue weighted by Gasteiger charge is 2.32. The first kappa shape index (κ1) is 36.7. The highest BCUT2D eigenvalue weighted by molar-refractivity contribution is 7.84. The number of halogens is 2. The molecular weight excluding hydrogens is 603 g/mol. The van der Waals surface area contributed by atoms with Crippen molar-refractivity contribution < 1.29 is 8.42 Å². The molecule has 42 heavy (non-hydrogen) atoms. The van der Waals surface area contributed by atoms with Gasteiger partial charge in [-0.3, -0.25) is 0 Å². The van der Waals surface area contributed by atoms with Crippen molar-refractivity contribution in [1.82, 2.24) is 8.61 Å². The molecule has 2 unspecified atom stereocenters. The van der Waals surface area contributed by atoms with Crippen LogP contribution in [0.5, 0.6) is 0 Å². The molecule has 0 N–H and O–H groups in total. The Morgan fingerprint density at radius 3 is 1.90 bits per heavy atom. The van der Waals surface area contributed by atoms with E-state index in [1.807, 2.05) is 94.4 Å². The predicted octanol–water partition coefficient (Wildman–Crippen LogP) is 8.75. The maximum Gasteiger partial charge on any atom is 0.100 e. The summed E-state index contributed by atoms with van der Waals surface area (Å²) in [5.41, 5.74) is 2.42. The Balaban J connectivity index is 0.000000294. The van der Waals surface area contributed by atoms with Gasteiger partial charge in [0.15, 0.2) is 0 Å². The van der Waals surface area contributed by atoms with Crippen LogP contribution >= 0.6 is 23.2 Å². The van der Waals surface area contributed by atoms with Crippen LogP contribution < -0.4 is 0 Å². The Morgan fingerprint density at radius 1 is 0.881 bits per heavy atom. The Hall–Kier alpha value is -1.54. The fourth-order valence-corrected chi connectivity index (χ4v) is 7.53. The lowest BCUT2D eigenvalue weighted by Crippen LogP contribution is -2.46. The molecule has 0 saturated heterocycles. The largest absolute Gasteiger partial charge is 0.242 e. The van der Waals surface area contributed by atoms with Gasteiger partial charge in [0, 0.05) is 35.2 Å². The van der Waals surface area contributed by atoms with Crippen molar-refractivity contribution in [2.75, 3.05) is 13.1 Å². The highest BCUT2D eigenvalue weighted by atomic mass is 35.5.